The number of hydrogen-bond donors (Lipinski definition) is 2. The number of aromatic nitrogens is 1. The highest BCUT2D eigenvalue weighted by Crippen LogP contribution is 2.27. The lowest BCUT2D eigenvalue weighted by Crippen LogP contribution is -2.14. The molecule has 0 aliphatic rings. The van der Waals surface area contributed by atoms with E-state index < -0.39 is 0 Å². The minimum absolute atomic E-state index is 0.0176. The second-order valence-electron chi connectivity index (χ2n) is 5.35. The summed E-state index contributed by atoms with van der Waals surface area (Å²) in [6.45, 7) is 4.03. The number of rotatable bonds is 4. The highest BCUT2D eigenvalue weighted by atomic mass is 32.2. The summed E-state index contributed by atoms with van der Waals surface area (Å²) in [7, 11) is 0. The molecule has 0 unspecified atom stereocenters. The van der Waals surface area contributed by atoms with Crippen LogP contribution in [0.3, 0.4) is 0 Å². The third-order valence-electron chi connectivity index (χ3n) is 3.58. The lowest BCUT2D eigenvalue weighted by molar-refractivity contribution is -0.113. The molecule has 1 amide bonds. The van der Waals surface area contributed by atoms with Crippen LogP contribution in [0.15, 0.2) is 53.6 Å². The number of fused-ring (bicyclic) bond motifs is 1. The molecule has 2 N–H and O–H groups in total. The van der Waals surface area contributed by atoms with Crippen LogP contribution in [0.5, 0.6) is 0 Å². The standard InChI is InChI=1S/C18H18N2OS/c1-12-7-8-13(2)16(9-12)20-18(21)11-22-17-10-19-15-6-4-3-5-14(15)17/h3-10,19H,11H2,1-2H3,(H,20,21). The van der Waals surface area contributed by atoms with Gasteiger partial charge >= 0.3 is 0 Å². The van der Waals surface area contributed by atoms with Crippen LogP contribution in [0.25, 0.3) is 10.9 Å². The van der Waals surface area contributed by atoms with Gasteiger partial charge in [-0.15, -0.1) is 11.8 Å². The first-order valence-electron chi connectivity index (χ1n) is 7.19. The summed E-state index contributed by atoms with van der Waals surface area (Å²) in [6, 6.07) is 14.2. The van der Waals surface area contributed by atoms with E-state index in [1.807, 2.05) is 56.4 Å². The number of thioether (sulfide) groups is 1. The first-order chi connectivity index (χ1) is 10.6. The van der Waals surface area contributed by atoms with Gasteiger partial charge in [0.05, 0.1) is 5.75 Å². The number of carbonyl (C=O) groups is 1. The maximum absolute atomic E-state index is 12.2. The normalized spacial score (nSPS) is 10.8. The number of aryl methyl sites for hydroxylation is 2. The molecule has 1 aromatic heterocycles. The molecular formula is C18H18N2OS. The van der Waals surface area contributed by atoms with E-state index in [0.29, 0.717) is 5.75 Å². The van der Waals surface area contributed by atoms with Crippen molar-refractivity contribution in [3.05, 3.63) is 59.8 Å². The molecule has 0 radical (unpaired) electrons. The van der Waals surface area contributed by atoms with Crippen molar-refractivity contribution in [3.63, 3.8) is 0 Å². The van der Waals surface area contributed by atoms with E-state index in [2.05, 4.69) is 16.4 Å². The average molecular weight is 310 g/mol. The zero-order valence-electron chi connectivity index (χ0n) is 12.6. The first-order valence-corrected chi connectivity index (χ1v) is 8.18. The fourth-order valence-corrected chi connectivity index (χ4v) is 3.20. The van der Waals surface area contributed by atoms with Crippen molar-refractivity contribution >= 4 is 34.3 Å². The second kappa shape index (κ2) is 6.28. The Hall–Kier alpha value is -2.20. The number of carbonyl (C=O) groups excluding carboxylic acids is 1. The third-order valence-corrected chi connectivity index (χ3v) is 4.63. The van der Waals surface area contributed by atoms with Gasteiger partial charge in [-0.3, -0.25) is 4.79 Å². The van der Waals surface area contributed by atoms with Gasteiger partial charge in [-0.1, -0.05) is 30.3 Å². The number of anilines is 1. The quantitative estimate of drug-likeness (QED) is 0.696. The van der Waals surface area contributed by atoms with Crippen LogP contribution >= 0.6 is 11.8 Å². The predicted molar refractivity (Wildman–Crippen MR) is 93.6 cm³/mol. The smallest absolute Gasteiger partial charge is 0.234 e. The topological polar surface area (TPSA) is 44.9 Å². The van der Waals surface area contributed by atoms with Crippen molar-refractivity contribution < 1.29 is 4.79 Å². The Kier molecular flexibility index (Phi) is 4.20. The van der Waals surface area contributed by atoms with E-state index >= 15 is 0 Å². The highest BCUT2D eigenvalue weighted by Gasteiger charge is 2.08. The van der Waals surface area contributed by atoms with Gasteiger partial charge in [-0.25, -0.2) is 0 Å². The van der Waals surface area contributed by atoms with E-state index in [9.17, 15) is 4.79 Å². The molecule has 3 rings (SSSR count). The molecule has 0 fully saturated rings. The van der Waals surface area contributed by atoms with Gasteiger partial charge in [-0.05, 0) is 37.1 Å². The molecule has 0 aliphatic carbocycles. The summed E-state index contributed by atoms with van der Waals surface area (Å²) in [5.41, 5.74) is 4.21. The van der Waals surface area contributed by atoms with Crippen LogP contribution in [0, 0.1) is 13.8 Å². The van der Waals surface area contributed by atoms with Gasteiger partial charge in [-0.2, -0.15) is 0 Å². The van der Waals surface area contributed by atoms with E-state index in [1.165, 1.54) is 0 Å². The Bertz CT molecular complexity index is 823. The van der Waals surface area contributed by atoms with Gasteiger partial charge in [0.1, 0.15) is 0 Å². The molecule has 0 atom stereocenters. The molecular weight excluding hydrogens is 292 g/mol. The minimum atomic E-state index is 0.0176. The van der Waals surface area contributed by atoms with Gasteiger partial charge in [0, 0.05) is 27.7 Å². The molecule has 0 bridgehead atoms. The molecule has 3 nitrogen and oxygen atoms in total. The molecule has 112 valence electrons. The molecule has 3 aromatic rings. The lowest BCUT2D eigenvalue weighted by atomic mass is 10.1. The zero-order chi connectivity index (χ0) is 15.5. The SMILES string of the molecule is Cc1ccc(C)c(NC(=O)CSc2c[nH]c3ccccc23)c1. The van der Waals surface area contributed by atoms with Crippen molar-refractivity contribution in [1.29, 1.82) is 0 Å². The third kappa shape index (κ3) is 3.17. The van der Waals surface area contributed by atoms with Crippen molar-refractivity contribution in [1.82, 2.24) is 4.98 Å². The van der Waals surface area contributed by atoms with E-state index in [4.69, 9.17) is 0 Å². The van der Waals surface area contributed by atoms with E-state index in [1.54, 1.807) is 11.8 Å². The first kappa shape index (κ1) is 14.7. The second-order valence-corrected chi connectivity index (χ2v) is 6.37. The molecule has 2 aromatic carbocycles. The zero-order valence-corrected chi connectivity index (χ0v) is 13.5. The summed E-state index contributed by atoms with van der Waals surface area (Å²) in [5, 5.41) is 4.15. The Labute approximate surface area is 134 Å². The maximum atomic E-state index is 12.2. The van der Waals surface area contributed by atoms with E-state index in [-0.39, 0.29) is 5.91 Å². The minimum Gasteiger partial charge on any atom is -0.360 e. The summed E-state index contributed by atoms with van der Waals surface area (Å²) >= 11 is 1.55. The number of aromatic amines is 1. The van der Waals surface area contributed by atoms with Crippen molar-refractivity contribution in [2.24, 2.45) is 0 Å². The Morgan fingerprint density at radius 3 is 2.86 bits per heavy atom. The lowest BCUT2D eigenvalue weighted by Gasteiger charge is -2.09. The molecule has 0 spiro atoms. The number of amides is 1. The molecule has 0 aliphatic heterocycles. The molecule has 1 heterocycles. The average Bonchev–Trinajstić information content (AvgIpc) is 2.92. The van der Waals surface area contributed by atoms with Crippen molar-refractivity contribution in [2.45, 2.75) is 18.7 Å². The Morgan fingerprint density at radius 2 is 2.00 bits per heavy atom. The fourth-order valence-electron chi connectivity index (χ4n) is 2.36. The van der Waals surface area contributed by atoms with Crippen LogP contribution in [-0.2, 0) is 4.79 Å². The monoisotopic (exact) mass is 310 g/mol. The largest absolute Gasteiger partial charge is 0.360 e. The molecule has 0 saturated heterocycles. The van der Waals surface area contributed by atoms with Crippen LogP contribution in [-0.4, -0.2) is 16.6 Å². The summed E-state index contributed by atoms with van der Waals surface area (Å²) in [4.78, 5) is 16.5. The molecule has 22 heavy (non-hydrogen) atoms. The Morgan fingerprint density at radius 1 is 1.18 bits per heavy atom. The van der Waals surface area contributed by atoms with Crippen LogP contribution in [0.2, 0.25) is 0 Å². The molecule has 0 saturated carbocycles. The number of H-pyrrole nitrogens is 1. The van der Waals surface area contributed by atoms with Crippen LogP contribution in [0.4, 0.5) is 5.69 Å². The Balaban J connectivity index is 1.66. The van der Waals surface area contributed by atoms with Gasteiger partial charge in [0.2, 0.25) is 5.91 Å². The molecule has 4 heteroatoms. The summed E-state index contributed by atoms with van der Waals surface area (Å²) in [5.74, 6) is 0.416. The number of para-hydroxylation sites is 1. The van der Waals surface area contributed by atoms with Crippen LogP contribution < -0.4 is 5.32 Å². The van der Waals surface area contributed by atoms with Crippen LogP contribution in [0.1, 0.15) is 11.1 Å². The summed E-state index contributed by atoms with van der Waals surface area (Å²) < 4.78 is 0. The fraction of sp³-hybridized carbons (Fsp3) is 0.167. The summed E-state index contributed by atoms with van der Waals surface area (Å²) in [6.07, 6.45) is 1.96. The van der Waals surface area contributed by atoms with Crippen molar-refractivity contribution in [3.8, 4) is 0 Å². The number of hydrogen-bond acceptors (Lipinski definition) is 2. The van der Waals surface area contributed by atoms with Crippen molar-refractivity contribution in [2.75, 3.05) is 11.1 Å². The van der Waals surface area contributed by atoms with Gasteiger partial charge in [0.25, 0.3) is 0 Å². The highest BCUT2D eigenvalue weighted by molar-refractivity contribution is 8.00. The van der Waals surface area contributed by atoms with Gasteiger partial charge < -0.3 is 10.3 Å². The number of benzene rings is 2. The maximum Gasteiger partial charge on any atom is 0.234 e. The van der Waals surface area contributed by atoms with E-state index in [0.717, 1.165) is 32.6 Å². The number of nitrogens with one attached hydrogen (secondary N) is 2. The van der Waals surface area contributed by atoms with Gasteiger partial charge in [0.15, 0.2) is 0 Å². The predicted octanol–water partition coefficient (Wildman–Crippen LogP) is 4.52.